The van der Waals surface area contributed by atoms with Crippen LogP contribution >= 0.6 is 0 Å². The average Bonchev–Trinajstić information content (AvgIpc) is 2.13. The van der Waals surface area contributed by atoms with Crippen molar-refractivity contribution in [2.45, 2.75) is 39.7 Å². The van der Waals surface area contributed by atoms with E-state index in [4.69, 9.17) is 4.74 Å². The van der Waals surface area contributed by atoms with E-state index in [9.17, 15) is 4.79 Å². The Balaban J connectivity index is 2.33. The third-order valence-corrected chi connectivity index (χ3v) is 2.75. The molecule has 1 aliphatic rings. The second kappa shape index (κ2) is 5.08. The fourth-order valence-corrected chi connectivity index (χ4v) is 1.63. The number of hydrogen-bond donors (Lipinski definition) is 0. The van der Waals surface area contributed by atoms with Crippen LogP contribution in [0.4, 0.5) is 0 Å². The van der Waals surface area contributed by atoms with Gasteiger partial charge in [-0.05, 0) is 18.9 Å². The normalized spacial score (nSPS) is 24.1. The molecule has 0 spiro atoms. The van der Waals surface area contributed by atoms with Gasteiger partial charge in [0, 0.05) is 19.5 Å². The molecule has 1 aliphatic heterocycles. The summed E-state index contributed by atoms with van der Waals surface area (Å²) in [6.45, 7) is 8.85. The van der Waals surface area contributed by atoms with Gasteiger partial charge in [-0.2, -0.15) is 0 Å². The lowest BCUT2D eigenvalue weighted by Crippen LogP contribution is -2.44. The topological polar surface area (TPSA) is 29.5 Å². The first-order valence-electron chi connectivity index (χ1n) is 5.71. The first-order valence-corrected chi connectivity index (χ1v) is 5.71. The highest BCUT2D eigenvalue weighted by Gasteiger charge is 2.25. The van der Waals surface area contributed by atoms with Crippen LogP contribution < -0.4 is 0 Å². The zero-order valence-corrected chi connectivity index (χ0v) is 10.4. The standard InChI is InChI=1S/C12H23NO2/c1-12(2,3)6-5-10(14)11-9-13(4)7-8-15-11/h11H,5-9H2,1-4H3. The van der Waals surface area contributed by atoms with E-state index >= 15 is 0 Å². The van der Waals surface area contributed by atoms with Crippen LogP contribution in [0.15, 0.2) is 0 Å². The molecular formula is C12H23NO2. The Kier molecular flexibility index (Phi) is 4.29. The van der Waals surface area contributed by atoms with E-state index in [1.165, 1.54) is 0 Å². The number of morpholine rings is 1. The number of carbonyl (C=O) groups excluding carboxylic acids is 1. The summed E-state index contributed by atoms with van der Waals surface area (Å²) in [4.78, 5) is 14.0. The minimum absolute atomic E-state index is 0.189. The first kappa shape index (κ1) is 12.7. The number of hydrogen-bond acceptors (Lipinski definition) is 3. The van der Waals surface area contributed by atoms with Gasteiger partial charge in [-0.15, -0.1) is 0 Å². The fraction of sp³-hybridized carbons (Fsp3) is 0.917. The van der Waals surface area contributed by atoms with Crippen LogP contribution in [0.5, 0.6) is 0 Å². The quantitative estimate of drug-likeness (QED) is 0.715. The molecule has 0 bridgehead atoms. The molecule has 1 saturated heterocycles. The summed E-state index contributed by atoms with van der Waals surface area (Å²) >= 11 is 0. The van der Waals surface area contributed by atoms with Crippen molar-refractivity contribution in [3.63, 3.8) is 0 Å². The van der Waals surface area contributed by atoms with Crippen molar-refractivity contribution < 1.29 is 9.53 Å². The van der Waals surface area contributed by atoms with Crippen LogP contribution in [0.3, 0.4) is 0 Å². The summed E-state index contributed by atoms with van der Waals surface area (Å²) < 4.78 is 5.48. The van der Waals surface area contributed by atoms with Gasteiger partial charge in [0.1, 0.15) is 6.10 Å². The Morgan fingerprint density at radius 3 is 2.67 bits per heavy atom. The molecule has 1 heterocycles. The van der Waals surface area contributed by atoms with Crippen LogP contribution in [0.2, 0.25) is 0 Å². The Morgan fingerprint density at radius 1 is 1.47 bits per heavy atom. The Hall–Kier alpha value is -0.410. The molecule has 0 saturated carbocycles. The van der Waals surface area contributed by atoms with Crippen LogP contribution in [0.25, 0.3) is 0 Å². The van der Waals surface area contributed by atoms with Crippen LogP contribution in [-0.4, -0.2) is 43.5 Å². The molecular weight excluding hydrogens is 190 g/mol. The van der Waals surface area contributed by atoms with E-state index in [0.29, 0.717) is 13.0 Å². The minimum Gasteiger partial charge on any atom is -0.368 e. The highest BCUT2D eigenvalue weighted by atomic mass is 16.5. The van der Waals surface area contributed by atoms with Gasteiger partial charge < -0.3 is 9.64 Å². The van der Waals surface area contributed by atoms with Crippen LogP contribution in [-0.2, 0) is 9.53 Å². The van der Waals surface area contributed by atoms with Crippen molar-refractivity contribution in [3.8, 4) is 0 Å². The maximum atomic E-state index is 11.8. The van der Waals surface area contributed by atoms with Gasteiger partial charge in [0.05, 0.1) is 6.61 Å². The molecule has 0 aromatic rings. The summed E-state index contributed by atoms with van der Waals surface area (Å²) in [5, 5.41) is 0. The zero-order chi connectivity index (χ0) is 11.5. The van der Waals surface area contributed by atoms with E-state index in [1.807, 2.05) is 7.05 Å². The second-order valence-corrected chi connectivity index (χ2v) is 5.65. The van der Waals surface area contributed by atoms with E-state index < -0.39 is 0 Å². The number of Topliss-reactive ketones (excluding diaryl/α,β-unsaturated/α-hetero) is 1. The number of carbonyl (C=O) groups is 1. The number of rotatable bonds is 3. The first-order chi connectivity index (χ1) is 6.88. The Bertz CT molecular complexity index is 220. The van der Waals surface area contributed by atoms with E-state index in [-0.39, 0.29) is 17.3 Å². The van der Waals surface area contributed by atoms with Crippen molar-refractivity contribution in [1.29, 1.82) is 0 Å². The molecule has 1 fully saturated rings. The molecule has 1 atom stereocenters. The molecule has 0 N–H and O–H groups in total. The van der Waals surface area contributed by atoms with Crippen molar-refractivity contribution in [2.75, 3.05) is 26.7 Å². The maximum Gasteiger partial charge on any atom is 0.162 e. The summed E-state index contributed by atoms with van der Waals surface area (Å²) in [7, 11) is 2.03. The summed E-state index contributed by atoms with van der Waals surface area (Å²) in [6, 6.07) is 0. The van der Waals surface area contributed by atoms with Gasteiger partial charge in [0.25, 0.3) is 0 Å². The molecule has 0 aliphatic carbocycles. The highest BCUT2D eigenvalue weighted by Crippen LogP contribution is 2.21. The molecule has 0 amide bonds. The molecule has 88 valence electrons. The van der Waals surface area contributed by atoms with Crippen molar-refractivity contribution in [1.82, 2.24) is 4.90 Å². The lowest BCUT2D eigenvalue weighted by molar-refractivity contribution is -0.136. The van der Waals surface area contributed by atoms with Gasteiger partial charge in [-0.1, -0.05) is 20.8 Å². The van der Waals surface area contributed by atoms with Crippen molar-refractivity contribution in [2.24, 2.45) is 5.41 Å². The zero-order valence-electron chi connectivity index (χ0n) is 10.4. The van der Waals surface area contributed by atoms with Crippen LogP contribution in [0.1, 0.15) is 33.6 Å². The molecule has 1 rings (SSSR count). The van der Waals surface area contributed by atoms with E-state index in [2.05, 4.69) is 25.7 Å². The Labute approximate surface area is 92.8 Å². The van der Waals surface area contributed by atoms with Gasteiger partial charge >= 0.3 is 0 Å². The molecule has 1 unspecified atom stereocenters. The summed E-state index contributed by atoms with van der Waals surface area (Å²) in [5.74, 6) is 0.261. The fourth-order valence-electron chi connectivity index (χ4n) is 1.63. The van der Waals surface area contributed by atoms with Gasteiger partial charge in [0.15, 0.2) is 5.78 Å². The third kappa shape index (κ3) is 4.76. The largest absolute Gasteiger partial charge is 0.368 e. The SMILES string of the molecule is CN1CCOC(C(=O)CCC(C)(C)C)C1. The molecule has 0 aromatic heterocycles. The lowest BCUT2D eigenvalue weighted by Gasteiger charge is -2.29. The number of ketones is 1. The average molecular weight is 213 g/mol. The van der Waals surface area contributed by atoms with Gasteiger partial charge in [-0.25, -0.2) is 0 Å². The second-order valence-electron chi connectivity index (χ2n) is 5.65. The maximum absolute atomic E-state index is 11.8. The predicted octanol–water partition coefficient (Wildman–Crippen LogP) is 1.71. The number of nitrogens with zero attached hydrogens (tertiary/aromatic N) is 1. The van der Waals surface area contributed by atoms with E-state index in [1.54, 1.807) is 0 Å². The minimum atomic E-state index is -0.189. The van der Waals surface area contributed by atoms with Crippen LogP contribution in [0, 0.1) is 5.41 Å². The predicted molar refractivity (Wildman–Crippen MR) is 60.9 cm³/mol. The van der Waals surface area contributed by atoms with Gasteiger partial charge in [-0.3, -0.25) is 4.79 Å². The molecule has 3 heteroatoms. The van der Waals surface area contributed by atoms with E-state index in [0.717, 1.165) is 19.5 Å². The number of ether oxygens (including phenoxy) is 1. The lowest BCUT2D eigenvalue weighted by atomic mass is 9.89. The smallest absolute Gasteiger partial charge is 0.162 e. The third-order valence-electron chi connectivity index (χ3n) is 2.75. The van der Waals surface area contributed by atoms with Crippen molar-refractivity contribution >= 4 is 5.78 Å². The van der Waals surface area contributed by atoms with Gasteiger partial charge in [0.2, 0.25) is 0 Å². The molecule has 15 heavy (non-hydrogen) atoms. The Morgan fingerprint density at radius 2 is 2.13 bits per heavy atom. The van der Waals surface area contributed by atoms with Crippen molar-refractivity contribution in [3.05, 3.63) is 0 Å². The molecule has 0 aromatic carbocycles. The molecule has 0 radical (unpaired) electrons. The molecule has 3 nitrogen and oxygen atoms in total. The number of likely N-dealkylation sites (N-methyl/N-ethyl adjacent to an activating group) is 1. The highest BCUT2D eigenvalue weighted by molar-refractivity contribution is 5.83. The summed E-state index contributed by atoms with van der Waals surface area (Å²) in [5.41, 5.74) is 0.232. The monoisotopic (exact) mass is 213 g/mol. The summed E-state index contributed by atoms with van der Waals surface area (Å²) in [6.07, 6.45) is 1.39.